The van der Waals surface area contributed by atoms with Crippen LogP contribution in [0.2, 0.25) is 0 Å². The lowest BCUT2D eigenvalue weighted by atomic mass is 9.87. The molecule has 0 bridgehead atoms. The molecule has 180 valence electrons. The minimum Gasteiger partial charge on any atom is -0.480 e. The summed E-state index contributed by atoms with van der Waals surface area (Å²) in [6.07, 6.45) is 4.24. The number of hydrogen-bond acceptors (Lipinski definition) is 3. The molecular formula is C30H27N3O3. The fourth-order valence-corrected chi connectivity index (χ4v) is 4.83. The highest BCUT2D eigenvalue weighted by atomic mass is 16.4. The van der Waals surface area contributed by atoms with Crippen molar-refractivity contribution in [1.82, 2.24) is 15.3 Å². The summed E-state index contributed by atoms with van der Waals surface area (Å²) in [6, 6.07) is 27.4. The van der Waals surface area contributed by atoms with Crippen molar-refractivity contribution in [3.63, 3.8) is 0 Å². The zero-order chi connectivity index (χ0) is 24.9. The molecule has 1 amide bonds. The average molecular weight is 478 g/mol. The maximum absolute atomic E-state index is 13.7. The molecule has 1 aromatic heterocycles. The summed E-state index contributed by atoms with van der Waals surface area (Å²) < 4.78 is 0. The maximum atomic E-state index is 13.7. The van der Waals surface area contributed by atoms with Crippen LogP contribution in [-0.4, -0.2) is 33.0 Å². The standard InChI is InChI=1S/C30H27N3O3/c34-29(33-28(30(35)36)17-25-18-31-19-32-25)24(15-22-11-5-9-20-7-1-3-13-26(20)22)16-23-12-6-10-21-8-2-4-14-27(21)23/h1-14,18-19,24,28H,15-17H2,(H,31,32)(H,33,34)(H,35,36)/t28-/m0/s1. The van der Waals surface area contributed by atoms with Crippen molar-refractivity contribution >= 4 is 33.4 Å². The smallest absolute Gasteiger partial charge is 0.326 e. The molecule has 5 aromatic rings. The number of aliphatic carboxylic acids is 1. The molecule has 0 aliphatic heterocycles. The molecule has 1 heterocycles. The van der Waals surface area contributed by atoms with Crippen LogP contribution in [0.3, 0.4) is 0 Å². The van der Waals surface area contributed by atoms with Gasteiger partial charge in [-0.25, -0.2) is 9.78 Å². The van der Waals surface area contributed by atoms with E-state index in [1.165, 1.54) is 6.33 Å². The first-order valence-corrected chi connectivity index (χ1v) is 12.0. The molecule has 3 N–H and O–H groups in total. The minimum absolute atomic E-state index is 0.111. The molecule has 0 fully saturated rings. The van der Waals surface area contributed by atoms with Gasteiger partial charge >= 0.3 is 5.97 Å². The van der Waals surface area contributed by atoms with Crippen LogP contribution in [0.15, 0.2) is 97.5 Å². The lowest BCUT2D eigenvalue weighted by Crippen LogP contribution is -2.46. The summed E-state index contributed by atoms with van der Waals surface area (Å²) in [4.78, 5) is 32.6. The van der Waals surface area contributed by atoms with Crippen molar-refractivity contribution in [2.24, 2.45) is 5.92 Å². The molecule has 6 nitrogen and oxygen atoms in total. The van der Waals surface area contributed by atoms with E-state index in [-0.39, 0.29) is 12.3 Å². The number of nitrogens with one attached hydrogen (secondary N) is 2. The number of carbonyl (C=O) groups excluding carboxylic acids is 1. The second-order valence-electron chi connectivity index (χ2n) is 9.05. The van der Waals surface area contributed by atoms with Gasteiger partial charge in [0, 0.05) is 18.5 Å². The molecule has 0 radical (unpaired) electrons. The van der Waals surface area contributed by atoms with Crippen LogP contribution >= 0.6 is 0 Å². The Hall–Kier alpha value is -4.45. The molecule has 36 heavy (non-hydrogen) atoms. The number of aromatic amines is 1. The van der Waals surface area contributed by atoms with Crippen LogP contribution in [-0.2, 0) is 28.9 Å². The monoisotopic (exact) mass is 477 g/mol. The highest BCUT2D eigenvalue weighted by Gasteiger charge is 2.27. The number of H-pyrrole nitrogens is 1. The van der Waals surface area contributed by atoms with Gasteiger partial charge in [-0.05, 0) is 45.5 Å². The van der Waals surface area contributed by atoms with Gasteiger partial charge in [0.2, 0.25) is 5.91 Å². The zero-order valence-electron chi connectivity index (χ0n) is 19.7. The van der Waals surface area contributed by atoms with Gasteiger partial charge in [-0.1, -0.05) is 84.9 Å². The van der Waals surface area contributed by atoms with Gasteiger partial charge in [-0.3, -0.25) is 4.79 Å². The number of carbonyl (C=O) groups is 2. The third-order valence-corrected chi connectivity index (χ3v) is 6.65. The summed E-state index contributed by atoms with van der Waals surface area (Å²) in [7, 11) is 0. The van der Waals surface area contributed by atoms with Gasteiger partial charge in [0.1, 0.15) is 6.04 Å². The Bertz CT molecular complexity index is 1420. The minimum atomic E-state index is -1.08. The van der Waals surface area contributed by atoms with E-state index in [9.17, 15) is 14.7 Å². The van der Waals surface area contributed by atoms with E-state index in [2.05, 4.69) is 51.7 Å². The van der Waals surface area contributed by atoms with Crippen molar-refractivity contribution < 1.29 is 14.7 Å². The van der Waals surface area contributed by atoms with E-state index in [0.717, 1.165) is 32.7 Å². The van der Waals surface area contributed by atoms with E-state index in [1.54, 1.807) is 6.20 Å². The molecule has 0 aliphatic rings. The second kappa shape index (κ2) is 10.4. The van der Waals surface area contributed by atoms with Gasteiger partial charge in [0.25, 0.3) is 0 Å². The largest absolute Gasteiger partial charge is 0.480 e. The lowest BCUT2D eigenvalue weighted by Gasteiger charge is -2.22. The zero-order valence-corrected chi connectivity index (χ0v) is 19.7. The molecule has 5 rings (SSSR count). The second-order valence-corrected chi connectivity index (χ2v) is 9.05. The molecule has 0 aliphatic carbocycles. The first-order valence-electron chi connectivity index (χ1n) is 12.0. The molecular weight excluding hydrogens is 450 g/mol. The highest BCUT2D eigenvalue weighted by molar-refractivity contribution is 5.90. The van der Waals surface area contributed by atoms with Gasteiger partial charge in [0.15, 0.2) is 0 Å². The molecule has 6 heteroatoms. The van der Waals surface area contributed by atoms with Gasteiger partial charge in [0.05, 0.1) is 12.0 Å². The average Bonchev–Trinajstić information content (AvgIpc) is 3.41. The maximum Gasteiger partial charge on any atom is 0.326 e. The fourth-order valence-electron chi connectivity index (χ4n) is 4.83. The summed E-state index contributed by atoms with van der Waals surface area (Å²) in [5.74, 6) is -1.82. The summed E-state index contributed by atoms with van der Waals surface area (Å²) in [5.41, 5.74) is 2.71. The molecule has 0 saturated heterocycles. The number of fused-ring (bicyclic) bond motifs is 2. The Morgan fingerprint density at radius 3 is 1.86 bits per heavy atom. The predicted octanol–water partition coefficient (Wildman–Crippen LogP) is 4.93. The third-order valence-electron chi connectivity index (χ3n) is 6.65. The summed E-state index contributed by atoms with van der Waals surface area (Å²) in [5, 5.41) is 17.0. The van der Waals surface area contributed by atoms with Crippen LogP contribution < -0.4 is 5.32 Å². The predicted molar refractivity (Wildman–Crippen MR) is 141 cm³/mol. The Morgan fingerprint density at radius 1 is 0.778 bits per heavy atom. The molecule has 4 aromatic carbocycles. The van der Waals surface area contributed by atoms with Crippen molar-refractivity contribution in [2.45, 2.75) is 25.3 Å². The normalized spacial score (nSPS) is 12.1. The molecule has 0 saturated carbocycles. The number of amides is 1. The van der Waals surface area contributed by atoms with Gasteiger partial charge in [-0.2, -0.15) is 0 Å². The highest BCUT2D eigenvalue weighted by Crippen LogP contribution is 2.26. The Labute approximate surface area is 209 Å². The number of nitrogens with zero attached hydrogens (tertiary/aromatic N) is 1. The molecule has 0 spiro atoms. The SMILES string of the molecule is O=C(N[C@@H](Cc1c[nH]cn1)C(=O)O)C(Cc1cccc2ccccc12)Cc1cccc2ccccc12. The van der Waals surface area contributed by atoms with Crippen molar-refractivity contribution in [3.05, 3.63) is 114 Å². The Morgan fingerprint density at radius 2 is 1.33 bits per heavy atom. The van der Waals surface area contributed by atoms with Gasteiger partial charge in [-0.15, -0.1) is 0 Å². The van der Waals surface area contributed by atoms with Crippen LogP contribution in [0.4, 0.5) is 0 Å². The quantitative estimate of drug-likeness (QED) is 0.281. The molecule has 0 unspecified atom stereocenters. The number of hydrogen-bond donors (Lipinski definition) is 3. The number of carboxylic acids is 1. The first-order chi connectivity index (χ1) is 17.6. The van der Waals surface area contributed by atoms with E-state index < -0.39 is 17.9 Å². The van der Waals surface area contributed by atoms with E-state index in [0.29, 0.717) is 18.5 Å². The number of imidazole rings is 1. The molecule has 1 atom stereocenters. The van der Waals surface area contributed by atoms with Crippen molar-refractivity contribution in [3.8, 4) is 0 Å². The van der Waals surface area contributed by atoms with Crippen LogP contribution in [0.25, 0.3) is 21.5 Å². The number of rotatable bonds is 9. The fraction of sp³-hybridized carbons (Fsp3) is 0.167. The van der Waals surface area contributed by atoms with Crippen LogP contribution in [0, 0.1) is 5.92 Å². The van der Waals surface area contributed by atoms with Crippen LogP contribution in [0.5, 0.6) is 0 Å². The van der Waals surface area contributed by atoms with E-state index in [1.807, 2.05) is 48.5 Å². The lowest BCUT2D eigenvalue weighted by molar-refractivity contribution is -0.142. The Kier molecular flexibility index (Phi) is 6.76. The third kappa shape index (κ3) is 5.13. The number of carboxylic acid groups (broad SMARTS) is 1. The van der Waals surface area contributed by atoms with E-state index in [4.69, 9.17) is 0 Å². The number of aromatic nitrogens is 2. The number of benzene rings is 4. The summed E-state index contributed by atoms with van der Waals surface area (Å²) >= 11 is 0. The summed E-state index contributed by atoms with van der Waals surface area (Å²) in [6.45, 7) is 0. The van der Waals surface area contributed by atoms with E-state index >= 15 is 0 Å². The van der Waals surface area contributed by atoms with Crippen molar-refractivity contribution in [2.75, 3.05) is 0 Å². The first kappa shape index (κ1) is 23.3. The van der Waals surface area contributed by atoms with Crippen molar-refractivity contribution in [1.29, 1.82) is 0 Å². The van der Waals surface area contributed by atoms with Gasteiger partial charge < -0.3 is 15.4 Å². The van der Waals surface area contributed by atoms with Crippen LogP contribution in [0.1, 0.15) is 16.8 Å². The Balaban J connectivity index is 1.48. The topological polar surface area (TPSA) is 95.1 Å².